The van der Waals surface area contributed by atoms with E-state index in [0.29, 0.717) is 38.8 Å². The van der Waals surface area contributed by atoms with Crippen LogP contribution in [-0.4, -0.2) is 63.0 Å². The fraction of sp³-hybridized carbons (Fsp3) is 0.333. The molecule has 0 aromatic heterocycles. The Kier molecular flexibility index (Phi) is 7.47. The fourth-order valence-corrected chi connectivity index (χ4v) is 4.74. The van der Waals surface area contributed by atoms with Crippen LogP contribution in [0, 0.1) is 0 Å². The predicted molar refractivity (Wildman–Crippen MR) is 134 cm³/mol. The Hall–Kier alpha value is -2.68. The SMILES string of the molecule is CCOc1cc(/C=C2\SC(=Nc3ccc(N4CCOCC4)cc3)N(C)C2=O)c(Cl)cc1OC. The highest BCUT2D eigenvalue weighted by atomic mass is 35.5. The van der Waals surface area contributed by atoms with Gasteiger partial charge in [0.2, 0.25) is 0 Å². The van der Waals surface area contributed by atoms with Crippen LogP contribution in [-0.2, 0) is 9.53 Å². The molecule has 2 aliphatic rings. The Balaban J connectivity index is 1.55. The molecule has 0 aliphatic carbocycles. The van der Waals surface area contributed by atoms with Gasteiger partial charge in [-0.25, -0.2) is 4.99 Å². The van der Waals surface area contributed by atoms with Crippen LogP contribution in [0.1, 0.15) is 12.5 Å². The van der Waals surface area contributed by atoms with Crippen molar-refractivity contribution in [3.05, 3.63) is 51.9 Å². The number of halogens is 1. The van der Waals surface area contributed by atoms with Gasteiger partial charge in [-0.3, -0.25) is 9.69 Å². The summed E-state index contributed by atoms with van der Waals surface area (Å²) >= 11 is 7.75. The monoisotopic (exact) mass is 487 g/mol. The lowest BCUT2D eigenvalue weighted by molar-refractivity contribution is -0.121. The minimum atomic E-state index is -0.131. The number of carbonyl (C=O) groups excluding carboxylic acids is 1. The van der Waals surface area contributed by atoms with Gasteiger partial charge >= 0.3 is 0 Å². The lowest BCUT2D eigenvalue weighted by Crippen LogP contribution is -2.36. The highest BCUT2D eigenvalue weighted by Gasteiger charge is 2.30. The Morgan fingerprint density at radius 3 is 2.58 bits per heavy atom. The van der Waals surface area contributed by atoms with Crippen molar-refractivity contribution < 1.29 is 19.0 Å². The molecule has 0 unspecified atom stereocenters. The second-order valence-corrected chi connectivity index (χ2v) is 8.86. The van der Waals surface area contributed by atoms with Crippen molar-refractivity contribution in [3.63, 3.8) is 0 Å². The lowest BCUT2D eigenvalue weighted by atomic mass is 10.1. The van der Waals surface area contributed by atoms with E-state index in [-0.39, 0.29) is 5.91 Å². The van der Waals surface area contributed by atoms with Crippen molar-refractivity contribution in [3.8, 4) is 11.5 Å². The van der Waals surface area contributed by atoms with Crippen LogP contribution in [0.4, 0.5) is 11.4 Å². The predicted octanol–water partition coefficient (Wildman–Crippen LogP) is 4.82. The molecule has 2 aromatic carbocycles. The number of nitrogens with zero attached hydrogens (tertiary/aromatic N) is 3. The lowest BCUT2D eigenvalue weighted by Gasteiger charge is -2.28. The number of amidine groups is 1. The number of carbonyl (C=O) groups is 1. The molecule has 0 bridgehead atoms. The van der Waals surface area contributed by atoms with Crippen molar-refractivity contribution in [2.75, 3.05) is 52.0 Å². The number of benzene rings is 2. The van der Waals surface area contributed by atoms with Gasteiger partial charge in [0, 0.05) is 31.9 Å². The number of anilines is 1. The first-order valence-electron chi connectivity index (χ1n) is 10.7. The van der Waals surface area contributed by atoms with Gasteiger partial charge in [-0.05, 0) is 60.7 Å². The molecule has 2 fully saturated rings. The Morgan fingerprint density at radius 2 is 1.91 bits per heavy atom. The van der Waals surface area contributed by atoms with Gasteiger partial charge in [0.05, 0.1) is 42.5 Å². The summed E-state index contributed by atoms with van der Waals surface area (Å²) < 4.78 is 16.4. The molecule has 0 radical (unpaired) electrons. The van der Waals surface area contributed by atoms with Crippen LogP contribution in [0.2, 0.25) is 5.02 Å². The number of hydrogen-bond acceptors (Lipinski definition) is 7. The molecule has 2 aromatic rings. The van der Waals surface area contributed by atoms with Gasteiger partial charge in [0.1, 0.15) is 0 Å². The second kappa shape index (κ2) is 10.5. The fourth-order valence-electron chi connectivity index (χ4n) is 3.55. The number of aliphatic imine (C=N–C) groups is 1. The third kappa shape index (κ3) is 5.29. The molecular formula is C24H26ClN3O4S. The summed E-state index contributed by atoms with van der Waals surface area (Å²) in [5.41, 5.74) is 2.61. The van der Waals surface area contributed by atoms with E-state index in [4.69, 9.17) is 25.8 Å². The van der Waals surface area contributed by atoms with Crippen molar-refractivity contribution >= 4 is 51.9 Å². The molecule has 1 amide bonds. The largest absolute Gasteiger partial charge is 0.493 e. The van der Waals surface area contributed by atoms with Crippen LogP contribution in [0.3, 0.4) is 0 Å². The van der Waals surface area contributed by atoms with Gasteiger partial charge in [-0.15, -0.1) is 0 Å². The van der Waals surface area contributed by atoms with E-state index in [1.165, 1.54) is 11.8 Å². The number of morpholine rings is 1. The number of methoxy groups -OCH3 is 1. The molecule has 7 nitrogen and oxygen atoms in total. The molecule has 0 saturated carbocycles. The van der Waals surface area contributed by atoms with Crippen LogP contribution >= 0.6 is 23.4 Å². The zero-order valence-electron chi connectivity index (χ0n) is 18.8. The first-order chi connectivity index (χ1) is 16.0. The molecular weight excluding hydrogens is 462 g/mol. The van der Waals surface area contributed by atoms with Crippen molar-refractivity contribution in [2.45, 2.75) is 6.92 Å². The van der Waals surface area contributed by atoms with Crippen LogP contribution < -0.4 is 14.4 Å². The summed E-state index contributed by atoms with van der Waals surface area (Å²) in [4.78, 5) is 21.9. The first-order valence-corrected chi connectivity index (χ1v) is 11.9. The molecule has 0 N–H and O–H groups in total. The third-order valence-corrected chi connectivity index (χ3v) is 6.71. The maximum atomic E-state index is 12.9. The molecule has 0 atom stereocenters. The summed E-state index contributed by atoms with van der Waals surface area (Å²) in [6, 6.07) is 11.5. The van der Waals surface area contributed by atoms with E-state index in [9.17, 15) is 4.79 Å². The minimum Gasteiger partial charge on any atom is -0.493 e. The number of thioether (sulfide) groups is 1. The first kappa shape index (κ1) is 23.5. The van der Waals surface area contributed by atoms with E-state index in [1.807, 2.05) is 19.1 Å². The summed E-state index contributed by atoms with van der Waals surface area (Å²) in [6.45, 7) is 5.64. The standard InChI is InChI=1S/C24H26ClN3O4S/c1-4-32-21-13-16(19(25)15-20(21)30-3)14-22-23(29)27(2)24(33-22)26-17-5-7-18(8-6-17)28-9-11-31-12-10-28/h5-8,13-15H,4,9-12H2,1-3H3/b22-14-,26-24?. The number of rotatable bonds is 6. The zero-order valence-corrected chi connectivity index (χ0v) is 20.4. The van der Waals surface area contributed by atoms with Crippen LogP contribution in [0.15, 0.2) is 46.3 Å². The average Bonchev–Trinajstić information content (AvgIpc) is 3.10. The maximum absolute atomic E-state index is 12.9. The third-order valence-electron chi connectivity index (χ3n) is 5.32. The number of likely N-dealkylation sites (N-methyl/N-ethyl adjacent to an activating group) is 1. The summed E-state index contributed by atoms with van der Waals surface area (Å²) in [5.74, 6) is 0.997. The molecule has 0 spiro atoms. The average molecular weight is 488 g/mol. The van der Waals surface area contributed by atoms with Crippen LogP contribution in [0.25, 0.3) is 6.08 Å². The van der Waals surface area contributed by atoms with Crippen molar-refractivity contribution in [2.24, 2.45) is 4.99 Å². The van der Waals surface area contributed by atoms with Gasteiger partial charge in [-0.1, -0.05) is 11.6 Å². The van der Waals surface area contributed by atoms with E-state index < -0.39 is 0 Å². The smallest absolute Gasteiger partial charge is 0.266 e. The van der Waals surface area contributed by atoms with Crippen molar-refractivity contribution in [1.29, 1.82) is 0 Å². The number of hydrogen-bond donors (Lipinski definition) is 0. The number of amides is 1. The molecule has 2 aliphatic heterocycles. The molecule has 4 rings (SSSR count). The highest BCUT2D eigenvalue weighted by molar-refractivity contribution is 8.18. The Morgan fingerprint density at radius 1 is 1.18 bits per heavy atom. The van der Waals surface area contributed by atoms with Crippen LogP contribution in [0.5, 0.6) is 11.5 Å². The zero-order chi connectivity index (χ0) is 23.4. The van der Waals surface area contributed by atoms with E-state index in [0.717, 1.165) is 37.7 Å². The van der Waals surface area contributed by atoms with Gasteiger partial charge in [0.25, 0.3) is 5.91 Å². The Bertz CT molecular complexity index is 1080. The summed E-state index contributed by atoms with van der Waals surface area (Å²) in [7, 11) is 3.28. The van der Waals surface area contributed by atoms with Crippen molar-refractivity contribution in [1.82, 2.24) is 4.90 Å². The minimum absolute atomic E-state index is 0.131. The van der Waals surface area contributed by atoms with Gasteiger partial charge in [-0.2, -0.15) is 0 Å². The van der Waals surface area contributed by atoms with E-state index in [2.05, 4.69) is 22.0 Å². The second-order valence-electron chi connectivity index (χ2n) is 7.44. The van der Waals surface area contributed by atoms with E-state index >= 15 is 0 Å². The quantitative estimate of drug-likeness (QED) is 0.544. The molecule has 9 heteroatoms. The Labute approximate surface area is 203 Å². The molecule has 174 valence electrons. The summed E-state index contributed by atoms with van der Waals surface area (Å²) in [6.07, 6.45) is 1.76. The number of ether oxygens (including phenoxy) is 3. The molecule has 2 heterocycles. The molecule has 33 heavy (non-hydrogen) atoms. The van der Waals surface area contributed by atoms with Gasteiger partial charge < -0.3 is 19.1 Å². The molecule has 2 saturated heterocycles. The normalized spacial score (nSPS) is 19.0. The topological polar surface area (TPSA) is 63.6 Å². The highest BCUT2D eigenvalue weighted by Crippen LogP contribution is 2.38. The van der Waals surface area contributed by atoms with Gasteiger partial charge in [0.15, 0.2) is 16.7 Å². The summed E-state index contributed by atoms with van der Waals surface area (Å²) in [5, 5.41) is 1.09. The van der Waals surface area contributed by atoms with E-state index in [1.54, 1.807) is 37.3 Å². The maximum Gasteiger partial charge on any atom is 0.266 e.